The fourth-order valence-corrected chi connectivity index (χ4v) is 4.39. The minimum atomic E-state index is -2.62. The molecule has 2 aliphatic rings. The number of H-pyrrole nitrogens is 1. The highest BCUT2D eigenvalue weighted by atomic mass is 19.3. The van der Waals surface area contributed by atoms with Gasteiger partial charge in [0.2, 0.25) is 0 Å². The van der Waals surface area contributed by atoms with E-state index in [1.54, 1.807) is 13.0 Å². The molecule has 0 spiro atoms. The molecule has 5 rings (SSSR count). The normalized spacial score (nSPS) is 20.5. The molecule has 2 aromatic heterocycles. The van der Waals surface area contributed by atoms with Crippen LogP contribution in [0.3, 0.4) is 0 Å². The molecule has 2 atom stereocenters. The lowest BCUT2D eigenvalue weighted by molar-refractivity contribution is 0.0940. The topological polar surface area (TPSA) is 91.9 Å². The van der Waals surface area contributed by atoms with Gasteiger partial charge in [0, 0.05) is 35.4 Å². The number of aryl methyl sites for hydroxylation is 1. The molecule has 174 valence electrons. The zero-order valence-corrected chi connectivity index (χ0v) is 18.6. The zero-order chi connectivity index (χ0) is 23.1. The number of nitrogens with one attached hydrogen (secondary N) is 3. The van der Waals surface area contributed by atoms with Crippen LogP contribution in [0.5, 0.6) is 5.75 Å². The number of carbonyl (C=O) groups is 1. The van der Waals surface area contributed by atoms with Gasteiger partial charge in [-0.15, -0.1) is 0 Å². The molecule has 3 heterocycles. The molecule has 2 fully saturated rings. The van der Waals surface area contributed by atoms with Crippen LogP contribution >= 0.6 is 0 Å². The molecule has 0 bridgehead atoms. The second-order valence-corrected chi connectivity index (χ2v) is 9.10. The first kappa shape index (κ1) is 21.8. The molecule has 1 aliphatic heterocycles. The van der Waals surface area contributed by atoms with Crippen molar-refractivity contribution in [3.05, 3.63) is 41.3 Å². The number of alkyl halides is 2. The number of aromatic nitrogens is 3. The van der Waals surface area contributed by atoms with Crippen LogP contribution in [0.4, 0.5) is 8.78 Å². The van der Waals surface area contributed by atoms with Crippen molar-refractivity contribution < 1.29 is 18.3 Å². The smallest absolute Gasteiger partial charge is 0.263 e. The fraction of sp³-hybridized carbons (Fsp3) is 0.458. The average Bonchev–Trinajstić information content (AvgIpc) is 3.43. The Hall–Kier alpha value is -3.07. The lowest BCUT2D eigenvalue weighted by Crippen LogP contribution is -2.36. The maximum atomic E-state index is 13.5. The number of rotatable bonds is 7. The number of hydrogen-bond donors (Lipinski definition) is 3. The van der Waals surface area contributed by atoms with Gasteiger partial charge >= 0.3 is 0 Å². The van der Waals surface area contributed by atoms with Crippen LogP contribution < -0.4 is 15.4 Å². The molecule has 1 amide bonds. The molecule has 3 N–H and O–H groups in total. The number of amides is 1. The number of fused-ring (bicyclic) bond motifs is 1. The number of halogens is 2. The van der Waals surface area contributed by atoms with Gasteiger partial charge < -0.3 is 20.4 Å². The molecule has 33 heavy (non-hydrogen) atoms. The summed E-state index contributed by atoms with van der Waals surface area (Å²) in [5.74, 6) is 0.792. The summed E-state index contributed by atoms with van der Waals surface area (Å²) in [6.07, 6.45) is 1.83. The molecule has 0 unspecified atom stereocenters. The maximum Gasteiger partial charge on any atom is 0.263 e. The molecular formula is C24H27F2N5O2. The van der Waals surface area contributed by atoms with Gasteiger partial charge in [0.05, 0.1) is 17.7 Å². The summed E-state index contributed by atoms with van der Waals surface area (Å²) in [6, 6.07) is 4.76. The Morgan fingerprint density at radius 3 is 2.82 bits per heavy atom. The number of hydrogen-bond acceptors (Lipinski definition) is 5. The number of ether oxygens (including phenoxy) is 1. The zero-order valence-electron chi connectivity index (χ0n) is 18.6. The second-order valence-electron chi connectivity index (χ2n) is 9.10. The Bertz CT molecular complexity index is 1190. The first-order chi connectivity index (χ1) is 15.9. The van der Waals surface area contributed by atoms with Crippen molar-refractivity contribution in [2.45, 2.75) is 51.6 Å². The minimum absolute atomic E-state index is 0.0447. The van der Waals surface area contributed by atoms with E-state index in [2.05, 4.69) is 32.5 Å². The van der Waals surface area contributed by atoms with E-state index in [0.29, 0.717) is 57.9 Å². The van der Waals surface area contributed by atoms with E-state index < -0.39 is 6.43 Å². The first-order valence-corrected chi connectivity index (χ1v) is 11.3. The van der Waals surface area contributed by atoms with Crippen molar-refractivity contribution in [3.8, 4) is 17.0 Å². The van der Waals surface area contributed by atoms with Crippen LogP contribution in [0.1, 0.15) is 54.2 Å². The number of benzene rings is 1. The van der Waals surface area contributed by atoms with Gasteiger partial charge in [-0.3, -0.25) is 4.79 Å². The Morgan fingerprint density at radius 1 is 1.30 bits per heavy atom. The first-order valence-electron chi connectivity index (χ1n) is 11.3. The predicted octanol–water partition coefficient (Wildman–Crippen LogP) is 4.14. The van der Waals surface area contributed by atoms with Crippen molar-refractivity contribution >= 4 is 16.9 Å². The van der Waals surface area contributed by atoms with Gasteiger partial charge in [-0.2, -0.15) is 0 Å². The summed E-state index contributed by atoms with van der Waals surface area (Å²) in [5.41, 5.74) is 2.87. The van der Waals surface area contributed by atoms with Crippen LogP contribution in [0.15, 0.2) is 24.5 Å². The third-order valence-corrected chi connectivity index (χ3v) is 6.37. The van der Waals surface area contributed by atoms with E-state index >= 15 is 0 Å². The number of nitrogens with zero attached hydrogens (tertiary/aromatic N) is 2. The largest absolute Gasteiger partial charge is 0.493 e. The van der Waals surface area contributed by atoms with E-state index in [0.717, 1.165) is 25.8 Å². The fourth-order valence-electron chi connectivity index (χ4n) is 4.39. The maximum absolute atomic E-state index is 13.5. The van der Waals surface area contributed by atoms with E-state index in [4.69, 9.17) is 4.74 Å². The van der Waals surface area contributed by atoms with Crippen molar-refractivity contribution in [2.24, 2.45) is 5.92 Å². The predicted molar refractivity (Wildman–Crippen MR) is 121 cm³/mol. The van der Waals surface area contributed by atoms with Gasteiger partial charge in [-0.25, -0.2) is 18.7 Å². The summed E-state index contributed by atoms with van der Waals surface area (Å²) in [6.45, 7) is 5.14. The average molecular weight is 456 g/mol. The van der Waals surface area contributed by atoms with E-state index in [-0.39, 0.29) is 17.5 Å². The van der Waals surface area contributed by atoms with E-state index in [1.807, 2.05) is 0 Å². The van der Waals surface area contributed by atoms with Crippen molar-refractivity contribution in [3.63, 3.8) is 0 Å². The second kappa shape index (κ2) is 8.70. The molecule has 7 nitrogen and oxygen atoms in total. The highest BCUT2D eigenvalue weighted by Crippen LogP contribution is 2.38. The lowest BCUT2D eigenvalue weighted by Gasteiger charge is -2.13. The summed E-state index contributed by atoms with van der Waals surface area (Å²) >= 11 is 0. The summed E-state index contributed by atoms with van der Waals surface area (Å²) in [5, 5.41) is 6.40. The summed E-state index contributed by atoms with van der Waals surface area (Å²) in [7, 11) is 0. The quantitative estimate of drug-likeness (QED) is 0.498. The molecule has 1 aromatic carbocycles. The third-order valence-electron chi connectivity index (χ3n) is 6.37. The van der Waals surface area contributed by atoms with Crippen molar-refractivity contribution in [1.82, 2.24) is 25.6 Å². The van der Waals surface area contributed by atoms with E-state index in [9.17, 15) is 13.6 Å². The van der Waals surface area contributed by atoms with E-state index in [1.165, 1.54) is 18.5 Å². The standard InChI is InChI=1S/C24H27F2N5O2/c1-12-7-16(9-27-12)31-24(32)19-13(2)30-22-20(28-11-29-21(19)22)17-8-15(23(25)26)5-6-18(17)33-10-14-3-4-14/h5-6,8,11-12,14,16,23,27,30H,3-4,7,9-10H2,1-2H3,(H,31,32)/t12-,16-/m0/s1. The van der Waals surface area contributed by atoms with Gasteiger partial charge in [-0.05, 0) is 57.2 Å². The molecular weight excluding hydrogens is 428 g/mol. The molecule has 1 saturated carbocycles. The van der Waals surface area contributed by atoms with Crippen LogP contribution in [0.2, 0.25) is 0 Å². The molecule has 0 radical (unpaired) electrons. The third kappa shape index (κ3) is 4.42. The van der Waals surface area contributed by atoms with Crippen LogP contribution in [-0.2, 0) is 0 Å². The lowest BCUT2D eigenvalue weighted by atomic mass is 10.0. The Kier molecular flexibility index (Phi) is 5.74. The Morgan fingerprint density at radius 2 is 2.12 bits per heavy atom. The Labute approximate surface area is 190 Å². The Balaban J connectivity index is 1.54. The number of carbonyl (C=O) groups excluding carboxylic acids is 1. The monoisotopic (exact) mass is 455 g/mol. The highest BCUT2D eigenvalue weighted by Gasteiger charge is 2.27. The molecule has 1 saturated heterocycles. The molecule has 1 aliphatic carbocycles. The summed E-state index contributed by atoms with van der Waals surface area (Å²) < 4.78 is 33.0. The van der Waals surface area contributed by atoms with Gasteiger partial charge in [0.25, 0.3) is 12.3 Å². The molecule has 3 aromatic rings. The SMILES string of the molecule is Cc1[nH]c2c(-c3cc(C(F)F)ccc3OCC3CC3)ncnc2c1C(=O)N[C@@H]1CN[C@@H](C)C1. The van der Waals surface area contributed by atoms with Crippen molar-refractivity contribution in [1.29, 1.82) is 0 Å². The minimum Gasteiger partial charge on any atom is -0.493 e. The van der Waals surface area contributed by atoms with Gasteiger partial charge in [0.1, 0.15) is 23.3 Å². The molecule has 9 heteroatoms. The van der Waals surface area contributed by atoms with Crippen LogP contribution in [-0.4, -0.2) is 46.1 Å². The number of aromatic amines is 1. The van der Waals surface area contributed by atoms with Crippen molar-refractivity contribution in [2.75, 3.05) is 13.2 Å². The van der Waals surface area contributed by atoms with Gasteiger partial charge in [-0.1, -0.05) is 0 Å². The summed E-state index contributed by atoms with van der Waals surface area (Å²) in [4.78, 5) is 25.1. The highest BCUT2D eigenvalue weighted by molar-refractivity contribution is 6.09. The van der Waals surface area contributed by atoms with Gasteiger partial charge in [0.15, 0.2) is 0 Å². The van der Waals surface area contributed by atoms with Crippen LogP contribution in [0.25, 0.3) is 22.3 Å². The van der Waals surface area contributed by atoms with Crippen LogP contribution in [0, 0.1) is 12.8 Å².